The number of rotatable bonds is 4. The molecule has 0 bridgehead atoms. The number of hydrogen-bond donors (Lipinski definition) is 1. The van der Waals surface area contributed by atoms with E-state index in [1.165, 1.54) is 29.5 Å². The van der Waals surface area contributed by atoms with Gasteiger partial charge in [0.05, 0.1) is 5.56 Å². The number of hydrogen-bond acceptors (Lipinski definition) is 3. The first-order valence-electron chi connectivity index (χ1n) is 5.61. The van der Waals surface area contributed by atoms with Crippen LogP contribution in [0.1, 0.15) is 16.7 Å². The molecule has 1 aromatic carbocycles. The number of thiophene rings is 1. The van der Waals surface area contributed by atoms with E-state index in [1.807, 2.05) is 5.38 Å². The van der Waals surface area contributed by atoms with Crippen molar-refractivity contribution in [3.63, 3.8) is 0 Å². The maximum atomic E-state index is 12.7. The van der Waals surface area contributed by atoms with Crippen LogP contribution in [0, 0.1) is 0 Å². The molecule has 0 aliphatic heterocycles. The highest BCUT2D eigenvalue weighted by molar-refractivity contribution is 7.08. The molecular weight excluding hydrogens is 289 g/mol. The van der Waals surface area contributed by atoms with Gasteiger partial charge in [-0.15, -0.1) is 0 Å². The lowest BCUT2D eigenvalue weighted by molar-refractivity contribution is -0.138. The molecule has 2 rings (SSSR count). The van der Waals surface area contributed by atoms with Crippen LogP contribution in [0.15, 0.2) is 46.2 Å². The van der Waals surface area contributed by atoms with Crippen molar-refractivity contribution in [3.05, 3.63) is 57.8 Å². The van der Waals surface area contributed by atoms with E-state index >= 15 is 0 Å². The van der Waals surface area contributed by atoms with Crippen LogP contribution in [0.25, 0.3) is 0 Å². The van der Waals surface area contributed by atoms with Crippen LogP contribution in [0.2, 0.25) is 0 Å². The zero-order chi connectivity index (χ0) is 14.6. The molecule has 2 aromatic rings. The van der Waals surface area contributed by atoms with Crippen molar-refractivity contribution in [2.24, 2.45) is 10.9 Å². The van der Waals surface area contributed by atoms with Gasteiger partial charge in [-0.1, -0.05) is 23.4 Å². The van der Waals surface area contributed by atoms with E-state index in [2.05, 4.69) is 5.16 Å². The van der Waals surface area contributed by atoms with Gasteiger partial charge in [-0.3, -0.25) is 0 Å². The fourth-order valence-electron chi connectivity index (χ4n) is 1.56. The average Bonchev–Trinajstić information content (AvgIpc) is 2.92. The summed E-state index contributed by atoms with van der Waals surface area (Å²) in [6.45, 7) is -0.291. The topological polar surface area (TPSA) is 47.6 Å². The third-order valence-corrected chi connectivity index (χ3v) is 3.21. The first-order chi connectivity index (χ1) is 9.48. The van der Waals surface area contributed by atoms with Crippen molar-refractivity contribution in [2.75, 3.05) is 0 Å². The van der Waals surface area contributed by atoms with Gasteiger partial charge in [0.1, 0.15) is 6.61 Å². The van der Waals surface area contributed by atoms with E-state index in [-0.39, 0.29) is 18.0 Å². The minimum absolute atomic E-state index is 0.0156. The number of amidine groups is 1. The number of nitrogens with zero attached hydrogens (tertiary/aromatic N) is 1. The van der Waals surface area contributed by atoms with Gasteiger partial charge in [0, 0.05) is 16.5 Å². The molecule has 0 radical (unpaired) electrons. The first kappa shape index (κ1) is 14.4. The van der Waals surface area contributed by atoms with E-state index in [9.17, 15) is 13.2 Å². The summed E-state index contributed by atoms with van der Waals surface area (Å²) in [5.41, 5.74) is 5.60. The molecule has 3 nitrogen and oxygen atoms in total. The van der Waals surface area contributed by atoms with Crippen molar-refractivity contribution < 1.29 is 18.0 Å². The minimum atomic E-state index is -4.41. The number of nitrogens with two attached hydrogens (primary N) is 1. The maximum Gasteiger partial charge on any atom is 0.416 e. The molecule has 7 heteroatoms. The summed E-state index contributed by atoms with van der Waals surface area (Å²) in [6.07, 6.45) is -4.41. The second-order valence-electron chi connectivity index (χ2n) is 3.92. The molecule has 0 amide bonds. The summed E-state index contributed by atoms with van der Waals surface area (Å²) in [4.78, 5) is 4.91. The molecule has 0 spiro atoms. The van der Waals surface area contributed by atoms with E-state index in [1.54, 1.807) is 11.4 Å². The molecule has 0 aliphatic rings. The van der Waals surface area contributed by atoms with Crippen molar-refractivity contribution in [2.45, 2.75) is 12.8 Å². The SMILES string of the molecule is N/C(=N/OCc1ccccc1C(F)(F)F)c1ccsc1. The highest BCUT2D eigenvalue weighted by Gasteiger charge is 2.32. The number of benzene rings is 1. The van der Waals surface area contributed by atoms with Crippen molar-refractivity contribution in [1.82, 2.24) is 0 Å². The quantitative estimate of drug-likeness (QED) is 0.533. The zero-order valence-corrected chi connectivity index (χ0v) is 11.0. The fourth-order valence-corrected chi connectivity index (χ4v) is 2.21. The molecule has 1 heterocycles. The molecule has 20 heavy (non-hydrogen) atoms. The zero-order valence-electron chi connectivity index (χ0n) is 10.2. The highest BCUT2D eigenvalue weighted by Crippen LogP contribution is 2.32. The lowest BCUT2D eigenvalue weighted by atomic mass is 10.1. The lowest BCUT2D eigenvalue weighted by Crippen LogP contribution is -2.13. The molecule has 1 aromatic heterocycles. The molecule has 106 valence electrons. The summed E-state index contributed by atoms with van der Waals surface area (Å²) in [7, 11) is 0. The van der Waals surface area contributed by atoms with E-state index in [4.69, 9.17) is 10.6 Å². The Balaban J connectivity index is 2.07. The van der Waals surface area contributed by atoms with Crippen molar-refractivity contribution >= 4 is 17.2 Å². The molecule has 0 aliphatic carbocycles. The smallest absolute Gasteiger partial charge is 0.389 e. The average molecular weight is 300 g/mol. The number of halogens is 3. The first-order valence-corrected chi connectivity index (χ1v) is 6.56. The van der Waals surface area contributed by atoms with Crippen molar-refractivity contribution in [3.8, 4) is 0 Å². The molecular formula is C13H11F3N2OS. The number of oxime groups is 1. The Morgan fingerprint density at radius 1 is 1.25 bits per heavy atom. The Labute approximate surface area is 117 Å². The van der Waals surface area contributed by atoms with Crippen LogP contribution < -0.4 is 5.73 Å². The number of alkyl halides is 3. The monoisotopic (exact) mass is 300 g/mol. The van der Waals surface area contributed by atoms with Gasteiger partial charge in [-0.2, -0.15) is 24.5 Å². The Kier molecular flexibility index (Phi) is 4.29. The van der Waals surface area contributed by atoms with Gasteiger partial charge in [-0.25, -0.2) is 0 Å². The second kappa shape index (κ2) is 5.96. The maximum absolute atomic E-state index is 12.7. The second-order valence-corrected chi connectivity index (χ2v) is 4.70. The summed E-state index contributed by atoms with van der Waals surface area (Å²) in [5, 5.41) is 7.20. The van der Waals surface area contributed by atoms with E-state index in [0.29, 0.717) is 5.56 Å². The fraction of sp³-hybridized carbons (Fsp3) is 0.154. The van der Waals surface area contributed by atoms with Crippen LogP contribution in [-0.4, -0.2) is 5.84 Å². The summed E-state index contributed by atoms with van der Waals surface area (Å²) in [5.74, 6) is 0.135. The third-order valence-electron chi connectivity index (χ3n) is 2.52. The largest absolute Gasteiger partial charge is 0.416 e. The predicted octanol–water partition coefficient (Wildman–Crippen LogP) is 3.60. The van der Waals surface area contributed by atoms with Crippen LogP contribution in [0.4, 0.5) is 13.2 Å². The predicted molar refractivity (Wildman–Crippen MR) is 71.3 cm³/mol. The lowest BCUT2D eigenvalue weighted by Gasteiger charge is -2.11. The summed E-state index contributed by atoms with van der Waals surface area (Å²) >= 11 is 1.44. The van der Waals surface area contributed by atoms with Crippen LogP contribution in [0.3, 0.4) is 0 Å². The van der Waals surface area contributed by atoms with Gasteiger partial charge in [0.15, 0.2) is 5.84 Å². The van der Waals surface area contributed by atoms with Crippen LogP contribution in [0.5, 0.6) is 0 Å². The summed E-state index contributed by atoms with van der Waals surface area (Å²) < 4.78 is 38.2. The van der Waals surface area contributed by atoms with Gasteiger partial charge < -0.3 is 10.6 Å². The Hall–Kier alpha value is -2.02. The Morgan fingerprint density at radius 3 is 2.65 bits per heavy atom. The van der Waals surface area contributed by atoms with Gasteiger partial charge in [-0.05, 0) is 17.5 Å². The van der Waals surface area contributed by atoms with Crippen molar-refractivity contribution in [1.29, 1.82) is 0 Å². The van der Waals surface area contributed by atoms with Gasteiger partial charge in [0.25, 0.3) is 0 Å². The normalized spacial score (nSPS) is 12.4. The third kappa shape index (κ3) is 3.51. The molecule has 2 N–H and O–H groups in total. The molecule has 0 atom stereocenters. The van der Waals surface area contributed by atoms with Crippen LogP contribution in [-0.2, 0) is 17.6 Å². The molecule has 0 saturated carbocycles. The van der Waals surface area contributed by atoms with Gasteiger partial charge in [0.2, 0.25) is 0 Å². The van der Waals surface area contributed by atoms with E-state index in [0.717, 1.165) is 6.07 Å². The van der Waals surface area contributed by atoms with Gasteiger partial charge >= 0.3 is 6.18 Å². The minimum Gasteiger partial charge on any atom is -0.389 e. The molecule has 0 unspecified atom stereocenters. The Morgan fingerprint density at radius 2 is 2.00 bits per heavy atom. The van der Waals surface area contributed by atoms with E-state index < -0.39 is 11.7 Å². The Bertz CT molecular complexity index is 594. The molecule has 0 fully saturated rings. The van der Waals surface area contributed by atoms with Crippen LogP contribution >= 0.6 is 11.3 Å². The standard InChI is InChI=1S/C13H11F3N2OS/c14-13(15,16)11-4-2-1-3-9(11)7-19-18-12(17)10-5-6-20-8-10/h1-6,8H,7H2,(H2,17,18). The summed E-state index contributed by atoms with van der Waals surface area (Å²) in [6, 6.07) is 6.94. The highest BCUT2D eigenvalue weighted by atomic mass is 32.1. The molecule has 0 saturated heterocycles.